The molecule has 0 saturated carbocycles. The third-order valence-corrected chi connectivity index (χ3v) is 3.88. The van der Waals surface area contributed by atoms with Crippen molar-refractivity contribution in [1.82, 2.24) is 0 Å². The summed E-state index contributed by atoms with van der Waals surface area (Å²) >= 11 is 0.505. The van der Waals surface area contributed by atoms with E-state index in [9.17, 15) is 31.2 Å². The van der Waals surface area contributed by atoms with Gasteiger partial charge in [-0.15, -0.1) is 0 Å². The Morgan fingerprint density at radius 2 is 1.53 bits per heavy atom. The maximum Gasteiger partial charge on any atom is 0.0949 e. The van der Waals surface area contributed by atoms with Crippen molar-refractivity contribution in [3.63, 3.8) is 0 Å². The second-order valence-corrected chi connectivity index (χ2v) is 6.74. The summed E-state index contributed by atoms with van der Waals surface area (Å²) in [7, 11) is -9.27. The summed E-state index contributed by atoms with van der Waals surface area (Å²) in [6, 6.07) is 0. The van der Waals surface area contributed by atoms with Crippen molar-refractivity contribution in [3.05, 3.63) is 0 Å². The monoisotopic (exact) mass is 309 g/mol. The van der Waals surface area contributed by atoms with Crippen LogP contribution in [0.5, 0.6) is 0 Å². The Labute approximate surface area is 103 Å². The largest absolute Gasteiger partial charge is 0.748 e. The minimum atomic E-state index is -4.63. The molecular formula is C5H9O9S3-3. The third-order valence-electron chi connectivity index (χ3n) is 1.56. The average Bonchev–Trinajstić information content (AvgIpc) is 2.06. The molecule has 0 rings (SSSR count). The van der Waals surface area contributed by atoms with Crippen LogP contribution in [0.3, 0.4) is 0 Å². The van der Waals surface area contributed by atoms with E-state index < -0.39 is 37.7 Å². The minimum absolute atomic E-state index is 0.00204. The lowest BCUT2D eigenvalue weighted by molar-refractivity contribution is -0.777. The van der Waals surface area contributed by atoms with E-state index in [0.717, 1.165) is 0 Å². The normalized spacial score (nSPS) is 13.2. The smallest absolute Gasteiger partial charge is 0.0949 e. The second kappa shape index (κ2) is 7.48. The first-order chi connectivity index (χ1) is 7.64. The Kier molecular flexibility index (Phi) is 7.50. The van der Waals surface area contributed by atoms with Crippen molar-refractivity contribution in [2.24, 2.45) is 5.92 Å². The van der Waals surface area contributed by atoms with Crippen LogP contribution in [-0.4, -0.2) is 43.2 Å². The molecule has 0 aromatic rings. The molecule has 0 heterocycles. The first-order valence-corrected chi connectivity index (χ1v) is 8.16. The number of hydrogen-bond acceptors (Lipinski definition) is 10. The molecule has 0 bridgehead atoms. The predicted octanol–water partition coefficient (Wildman–Crippen LogP) is -2.05. The van der Waals surface area contributed by atoms with Crippen LogP contribution in [0.25, 0.3) is 0 Å². The van der Waals surface area contributed by atoms with Crippen LogP contribution in [0.15, 0.2) is 0 Å². The molecule has 0 N–H and O–H groups in total. The van der Waals surface area contributed by atoms with Crippen LogP contribution in [0.2, 0.25) is 0 Å². The van der Waals surface area contributed by atoms with Gasteiger partial charge in [-0.25, -0.2) is 16.8 Å². The molecule has 12 heteroatoms. The molecule has 104 valence electrons. The molecule has 0 aliphatic carbocycles. The van der Waals surface area contributed by atoms with Gasteiger partial charge in [0, 0.05) is 29.3 Å². The maximum atomic E-state index is 10.5. The quantitative estimate of drug-likeness (QED) is 0.153. The summed E-state index contributed by atoms with van der Waals surface area (Å²) in [6.45, 7) is 0. The van der Waals surface area contributed by atoms with Gasteiger partial charge in [-0.1, -0.05) is 0 Å². The van der Waals surface area contributed by atoms with Crippen molar-refractivity contribution in [2.45, 2.75) is 6.42 Å². The van der Waals surface area contributed by atoms with E-state index in [1.54, 1.807) is 0 Å². The molecule has 9 nitrogen and oxygen atoms in total. The zero-order valence-corrected chi connectivity index (χ0v) is 10.8. The molecule has 0 aromatic carbocycles. The van der Waals surface area contributed by atoms with Crippen LogP contribution >= 0.6 is 12.0 Å². The summed E-state index contributed by atoms with van der Waals surface area (Å²) in [5, 5.41) is 12.4. The van der Waals surface area contributed by atoms with E-state index in [-0.39, 0.29) is 12.2 Å². The third kappa shape index (κ3) is 12.3. The van der Waals surface area contributed by atoms with Crippen molar-refractivity contribution >= 4 is 32.3 Å². The Balaban J connectivity index is 4.31. The van der Waals surface area contributed by atoms with E-state index in [0.29, 0.717) is 12.0 Å². The van der Waals surface area contributed by atoms with Gasteiger partial charge in [-0.05, 0) is 12.3 Å². The zero-order chi connectivity index (χ0) is 13.5. The van der Waals surface area contributed by atoms with E-state index in [1.165, 1.54) is 0 Å². The standard InChI is InChI=1S/C5H12O9S3/c6-13-14-15-2-1-5(3-16(7,8)9)4-17(10,11)12/h5-6H,1-4H2,(H,7,8,9)(H,10,11,12)/p-3. The highest BCUT2D eigenvalue weighted by Gasteiger charge is 2.16. The van der Waals surface area contributed by atoms with Crippen LogP contribution in [0.1, 0.15) is 6.42 Å². The molecule has 0 atom stereocenters. The lowest BCUT2D eigenvalue weighted by Crippen LogP contribution is -2.24. The van der Waals surface area contributed by atoms with Gasteiger partial charge in [-0.2, -0.15) is 4.33 Å². The highest BCUT2D eigenvalue weighted by Crippen LogP contribution is 2.14. The van der Waals surface area contributed by atoms with Crippen molar-refractivity contribution in [2.75, 3.05) is 17.3 Å². The molecule has 0 saturated heterocycles. The van der Waals surface area contributed by atoms with Crippen LogP contribution in [0.4, 0.5) is 0 Å². The Bertz CT molecular complexity index is 364. The molecule has 17 heavy (non-hydrogen) atoms. The fraction of sp³-hybridized carbons (Fsp3) is 1.00. The minimum Gasteiger partial charge on any atom is -0.748 e. The van der Waals surface area contributed by atoms with Gasteiger partial charge in [0.1, 0.15) is 0 Å². The first-order valence-electron chi connectivity index (χ1n) is 4.09. The number of hydrogen-bond donors (Lipinski definition) is 0. The van der Waals surface area contributed by atoms with Crippen LogP contribution in [0, 0.1) is 5.92 Å². The van der Waals surface area contributed by atoms with Gasteiger partial charge in [-0.3, -0.25) is 5.04 Å². The van der Waals surface area contributed by atoms with Crippen molar-refractivity contribution in [3.8, 4) is 0 Å². The predicted molar refractivity (Wildman–Crippen MR) is 51.9 cm³/mol. The fourth-order valence-electron chi connectivity index (χ4n) is 1.06. The van der Waals surface area contributed by atoms with Gasteiger partial charge in [0.15, 0.2) is 0 Å². The lowest BCUT2D eigenvalue weighted by atomic mass is 10.1. The summed E-state index contributed by atoms with van der Waals surface area (Å²) in [5.41, 5.74) is 0. The lowest BCUT2D eigenvalue weighted by Gasteiger charge is -2.20. The van der Waals surface area contributed by atoms with E-state index in [1.807, 2.05) is 0 Å². The van der Waals surface area contributed by atoms with Crippen molar-refractivity contribution in [1.29, 1.82) is 0 Å². The van der Waals surface area contributed by atoms with Crippen LogP contribution in [-0.2, 0) is 29.6 Å². The molecule has 0 aliphatic heterocycles. The molecule has 0 aromatic heterocycles. The summed E-state index contributed by atoms with van der Waals surface area (Å²) < 4.78 is 66.6. The maximum absolute atomic E-state index is 10.5. The fourth-order valence-corrected chi connectivity index (χ4v) is 3.47. The molecular weight excluding hydrogens is 300 g/mol. The van der Waals surface area contributed by atoms with Gasteiger partial charge in [0.25, 0.3) is 0 Å². The molecule has 0 spiro atoms. The first kappa shape index (κ1) is 17.1. The molecule has 0 fully saturated rings. The zero-order valence-electron chi connectivity index (χ0n) is 8.30. The van der Waals surface area contributed by atoms with Crippen LogP contribution < -0.4 is 5.26 Å². The van der Waals surface area contributed by atoms with Gasteiger partial charge in [0.2, 0.25) is 0 Å². The highest BCUT2D eigenvalue weighted by atomic mass is 32.2. The highest BCUT2D eigenvalue weighted by molar-refractivity contribution is 7.94. The summed E-state index contributed by atoms with van der Waals surface area (Å²) in [6.07, 6.45) is -0.100. The van der Waals surface area contributed by atoms with E-state index in [2.05, 4.69) is 9.37 Å². The van der Waals surface area contributed by atoms with Gasteiger partial charge >= 0.3 is 0 Å². The summed E-state index contributed by atoms with van der Waals surface area (Å²) in [5.74, 6) is -3.07. The Morgan fingerprint density at radius 1 is 1.06 bits per heavy atom. The Morgan fingerprint density at radius 3 is 1.88 bits per heavy atom. The van der Waals surface area contributed by atoms with Gasteiger partial charge in [0.05, 0.1) is 20.2 Å². The van der Waals surface area contributed by atoms with E-state index in [4.69, 9.17) is 0 Å². The van der Waals surface area contributed by atoms with Gasteiger partial charge < -0.3 is 14.4 Å². The number of rotatable bonds is 9. The SMILES string of the molecule is O=S(=O)([O-])CC(CCSOO[O-])CS(=O)(=O)[O-]. The molecule has 0 aliphatic rings. The molecule has 0 amide bonds. The molecule has 0 unspecified atom stereocenters. The van der Waals surface area contributed by atoms with E-state index >= 15 is 0 Å². The second-order valence-electron chi connectivity index (χ2n) is 3.06. The molecule has 0 radical (unpaired) electrons. The Hall–Kier alpha value is 0.0500. The van der Waals surface area contributed by atoms with Crippen molar-refractivity contribution < 1.29 is 40.6 Å². The average molecular weight is 309 g/mol. The topological polar surface area (TPSA) is 156 Å². The summed E-state index contributed by atoms with van der Waals surface area (Å²) in [4.78, 5) is 0.